The van der Waals surface area contributed by atoms with Crippen LogP contribution in [0.15, 0.2) is 36.5 Å². The Balaban J connectivity index is 1.68. The van der Waals surface area contributed by atoms with Crippen LogP contribution in [-0.4, -0.2) is 75.7 Å². The zero-order valence-electron chi connectivity index (χ0n) is 21.3. The standard InChI is InChI=1S/C26H34N6O4/c1-5-36-25(35)20(19-9-7-6-8-10-19)15-27-23-21-16-32(17(2)3)24(34)22(21)28-26(29-23)31-13-11-30(12-14-31)18(4)33/h6-10,16-17,20,34H,5,11-15H2,1-4H3,(H,27,28,29). The molecular weight excluding hydrogens is 460 g/mol. The van der Waals surface area contributed by atoms with E-state index < -0.39 is 5.92 Å². The number of fused-ring (bicyclic) bond motifs is 1. The summed E-state index contributed by atoms with van der Waals surface area (Å²) < 4.78 is 7.09. The number of rotatable bonds is 8. The highest BCUT2D eigenvalue weighted by atomic mass is 16.5. The van der Waals surface area contributed by atoms with Crippen molar-refractivity contribution in [3.8, 4) is 5.88 Å². The van der Waals surface area contributed by atoms with E-state index in [0.29, 0.717) is 55.5 Å². The summed E-state index contributed by atoms with van der Waals surface area (Å²) in [7, 11) is 0. The molecule has 0 saturated carbocycles. The van der Waals surface area contributed by atoms with Crippen LogP contribution in [0.4, 0.5) is 11.8 Å². The number of piperazine rings is 1. The minimum atomic E-state index is -0.528. The Labute approximate surface area is 210 Å². The molecular formula is C26H34N6O4. The summed E-state index contributed by atoms with van der Waals surface area (Å²) in [4.78, 5) is 37.8. The number of hydrogen-bond donors (Lipinski definition) is 2. The Hall–Kier alpha value is -3.82. The smallest absolute Gasteiger partial charge is 0.315 e. The minimum Gasteiger partial charge on any atom is -0.493 e. The largest absolute Gasteiger partial charge is 0.493 e. The molecule has 0 spiro atoms. The van der Waals surface area contributed by atoms with Crippen molar-refractivity contribution in [1.82, 2.24) is 19.4 Å². The summed E-state index contributed by atoms with van der Waals surface area (Å²) >= 11 is 0. The number of nitrogens with one attached hydrogen (secondary N) is 1. The van der Waals surface area contributed by atoms with Gasteiger partial charge in [0.25, 0.3) is 0 Å². The van der Waals surface area contributed by atoms with Gasteiger partial charge in [-0.15, -0.1) is 0 Å². The fourth-order valence-electron chi connectivity index (χ4n) is 4.43. The molecule has 192 valence electrons. The van der Waals surface area contributed by atoms with Crippen LogP contribution >= 0.6 is 0 Å². The number of aromatic hydroxyl groups is 1. The van der Waals surface area contributed by atoms with E-state index in [1.165, 1.54) is 0 Å². The summed E-state index contributed by atoms with van der Waals surface area (Å²) in [6.07, 6.45) is 1.83. The molecule has 1 aliphatic rings. The van der Waals surface area contributed by atoms with Crippen molar-refractivity contribution in [3.63, 3.8) is 0 Å². The third kappa shape index (κ3) is 5.22. The molecule has 36 heavy (non-hydrogen) atoms. The molecule has 2 aromatic heterocycles. The second kappa shape index (κ2) is 10.8. The molecule has 2 N–H and O–H groups in total. The molecule has 1 unspecified atom stereocenters. The Morgan fingerprint density at radius 3 is 2.42 bits per heavy atom. The van der Waals surface area contributed by atoms with Crippen LogP contribution in [-0.2, 0) is 14.3 Å². The highest BCUT2D eigenvalue weighted by Gasteiger charge is 2.26. The Kier molecular flexibility index (Phi) is 7.61. The maximum absolute atomic E-state index is 12.8. The van der Waals surface area contributed by atoms with Gasteiger partial charge in [-0.1, -0.05) is 30.3 Å². The number of hydrogen-bond acceptors (Lipinski definition) is 8. The quantitative estimate of drug-likeness (QED) is 0.459. The van der Waals surface area contributed by atoms with Gasteiger partial charge in [0.15, 0.2) is 0 Å². The van der Waals surface area contributed by atoms with E-state index in [4.69, 9.17) is 14.7 Å². The highest BCUT2D eigenvalue weighted by molar-refractivity contribution is 5.94. The molecule has 3 heterocycles. The van der Waals surface area contributed by atoms with Gasteiger partial charge in [-0.05, 0) is 26.3 Å². The first kappa shape index (κ1) is 25.3. The van der Waals surface area contributed by atoms with E-state index in [9.17, 15) is 14.7 Å². The summed E-state index contributed by atoms with van der Waals surface area (Å²) in [6.45, 7) is 10.2. The monoisotopic (exact) mass is 494 g/mol. The summed E-state index contributed by atoms with van der Waals surface area (Å²) in [6, 6.07) is 9.52. The first-order chi connectivity index (χ1) is 17.3. The third-order valence-corrected chi connectivity index (χ3v) is 6.47. The molecule has 1 atom stereocenters. The van der Waals surface area contributed by atoms with Gasteiger partial charge in [-0.2, -0.15) is 4.98 Å². The second-order valence-electron chi connectivity index (χ2n) is 9.18. The predicted molar refractivity (Wildman–Crippen MR) is 138 cm³/mol. The molecule has 0 radical (unpaired) electrons. The summed E-state index contributed by atoms with van der Waals surface area (Å²) in [5.41, 5.74) is 1.29. The third-order valence-electron chi connectivity index (χ3n) is 6.47. The zero-order valence-corrected chi connectivity index (χ0v) is 21.3. The van der Waals surface area contributed by atoms with Crippen LogP contribution in [0.1, 0.15) is 45.2 Å². The second-order valence-corrected chi connectivity index (χ2v) is 9.18. The fraction of sp³-hybridized carbons (Fsp3) is 0.462. The van der Waals surface area contributed by atoms with Crippen molar-refractivity contribution >= 4 is 34.5 Å². The number of nitrogens with zero attached hydrogens (tertiary/aromatic N) is 5. The van der Waals surface area contributed by atoms with E-state index in [1.54, 1.807) is 23.3 Å². The normalized spacial score (nSPS) is 14.8. The van der Waals surface area contributed by atoms with Gasteiger partial charge >= 0.3 is 5.97 Å². The predicted octanol–water partition coefficient (Wildman–Crippen LogP) is 3.15. The van der Waals surface area contributed by atoms with Crippen molar-refractivity contribution in [2.45, 2.75) is 39.7 Å². The van der Waals surface area contributed by atoms with Crippen molar-refractivity contribution in [2.24, 2.45) is 0 Å². The van der Waals surface area contributed by atoms with Gasteiger partial charge in [0.1, 0.15) is 11.3 Å². The lowest BCUT2D eigenvalue weighted by Crippen LogP contribution is -2.48. The number of ether oxygens (including phenoxy) is 1. The number of amides is 1. The van der Waals surface area contributed by atoms with E-state index in [-0.39, 0.29) is 30.3 Å². The van der Waals surface area contributed by atoms with Gasteiger partial charge in [-0.3, -0.25) is 9.59 Å². The van der Waals surface area contributed by atoms with Gasteiger partial charge in [0.05, 0.1) is 17.9 Å². The maximum atomic E-state index is 12.8. The van der Waals surface area contributed by atoms with E-state index in [2.05, 4.69) is 5.32 Å². The molecule has 0 bridgehead atoms. The minimum absolute atomic E-state index is 0.0196. The van der Waals surface area contributed by atoms with Crippen molar-refractivity contribution < 1.29 is 19.4 Å². The summed E-state index contributed by atoms with van der Waals surface area (Å²) in [5, 5.41) is 14.9. The van der Waals surface area contributed by atoms with E-state index in [1.807, 2.05) is 55.3 Å². The van der Waals surface area contributed by atoms with Gasteiger partial charge < -0.3 is 29.5 Å². The van der Waals surface area contributed by atoms with Gasteiger partial charge in [0, 0.05) is 51.9 Å². The number of carbonyl (C=O) groups excluding carboxylic acids is 2. The zero-order chi connectivity index (χ0) is 25.8. The van der Waals surface area contributed by atoms with Crippen LogP contribution < -0.4 is 10.2 Å². The van der Waals surface area contributed by atoms with Crippen LogP contribution in [0.5, 0.6) is 5.88 Å². The Morgan fingerprint density at radius 2 is 1.81 bits per heavy atom. The molecule has 1 saturated heterocycles. The fourth-order valence-corrected chi connectivity index (χ4v) is 4.43. The van der Waals surface area contributed by atoms with Crippen molar-refractivity contribution in [3.05, 3.63) is 42.1 Å². The lowest BCUT2D eigenvalue weighted by molar-refractivity contribution is -0.144. The maximum Gasteiger partial charge on any atom is 0.315 e. The molecule has 1 amide bonds. The Morgan fingerprint density at radius 1 is 1.11 bits per heavy atom. The average Bonchev–Trinajstić information content (AvgIpc) is 3.22. The number of aromatic nitrogens is 3. The van der Waals surface area contributed by atoms with Crippen LogP contribution in [0.2, 0.25) is 0 Å². The molecule has 10 nitrogen and oxygen atoms in total. The summed E-state index contributed by atoms with van der Waals surface area (Å²) in [5.74, 6) is 0.274. The van der Waals surface area contributed by atoms with Crippen LogP contribution in [0.3, 0.4) is 0 Å². The number of esters is 1. The van der Waals surface area contributed by atoms with E-state index in [0.717, 1.165) is 5.56 Å². The Bertz CT molecular complexity index is 1220. The number of anilines is 2. The lowest BCUT2D eigenvalue weighted by Gasteiger charge is -2.34. The first-order valence-corrected chi connectivity index (χ1v) is 12.4. The number of carbonyl (C=O) groups is 2. The van der Waals surface area contributed by atoms with Crippen LogP contribution in [0.25, 0.3) is 10.9 Å². The average molecular weight is 495 g/mol. The molecule has 1 fully saturated rings. The van der Waals surface area contributed by atoms with Gasteiger partial charge in [-0.25, -0.2) is 4.98 Å². The lowest BCUT2D eigenvalue weighted by atomic mass is 9.99. The molecule has 1 aromatic carbocycles. The highest BCUT2D eigenvalue weighted by Crippen LogP contribution is 2.34. The van der Waals surface area contributed by atoms with Crippen molar-refractivity contribution in [1.29, 1.82) is 0 Å². The van der Waals surface area contributed by atoms with Crippen LogP contribution in [0, 0.1) is 0 Å². The van der Waals surface area contributed by atoms with Crippen molar-refractivity contribution in [2.75, 3.05) is 49.5 Å². The topological polar surface area (TPSA) is 113 Å². The molecule has 10 heteroatoms. The molecule has 4 rings (SSSR count). The SMILES string of the molecule is CCOC(=O)C(CNc1nc(N2CCN(C(C)=O)CC2)nc2c(O)n(C(C)C)cc12)c1ccccc1. The number of benzene rings is 1. The molecule has 1 aliphatic heterocycles. The van der Waals surface area contributed by atoms with E-state index >= 15 is 0 Å². The van der Waals surface area contributed by atoms with Gasteiger partial charge in [0.2, 0.25) is 17.7 Å². The first-order valence-electron chi connectivity index (χ1n) is 12.4. The molecule has 3 aromatic rings. The molecule has 0 aliphatic carbocycles.